The van der Waals surface area contributed by atoms with Crippen LogP contribution in [0.4, 0.5) is 26.3 Å². The lowest BCUT2D eigenvalue weighted by molar-refractivity contribution is -0.228. The number of alkyl halides is 5. The van der Waals surface area contributed by atoms with Crippen LogP contribution in [-0.4, -0.2) is 72.9 Å². The Bertz CT molecular complexity index is 1310. The van der Waals surface area contributed by atoms with Crippen molar-refractivity contribution in [3.8, 4) is 0 Å². The highest BCUT2D eigenvalue weighted by Crippen LogP contribution is 2.51. The summed E-state index contributed by atoms with van der Waals surface area (Å²) < 4.78 is 88.6. The second-order valence-electron chi connectivity index (χ2n) is 11.4. The maximum Gasteiger partial charge on any atom is 0.426 e. The molecule has 5 rings (SSSR count). The van der Waals surface area contributed by atoms with Crippen molar-refractivity contribution in [3.63, 3.8) is 0 Å². The van der Waals surface area contributed by atoms with E-state index in [-0.39, 0.29) is 32.0 Å². The maximum atomic E-state index is 14.9. The Morgan fingerprint density at radius 2 is 1.83 bits per heavy atom. The molecule has 5 atom stereocenters. The van der Waals surface area contributed by atoms with Crippen LogP contribution in [0.1, 0.15) is 48.4 Å². The zero-order valence-electron chi connectivity index (χ0n) is 22.8. The molecule has 0 radical (unpaired) electrons. The fourth-order valence-corrected chi connectivity index (χ4v) is 6.89. The Balaban J connectivity index is 1.53. The van der Waals surface area contributed by atoms with E-state index in [4.69, 9.17) is 4.74 Å². The number of carbonyl (C=O) groups is 2. The van der Waals surface area contributed by atoms with E-state index in [2.05, 4.69) is 0 Å². The molecular formula is C30H32F6N2O3. The number of hydrogen-bond donors (Lipinski definition) is 0. The van der Waals surface area contributed by atoms with Gasteiger partial charge in [0.05, 0.1) is 6.61 Å². The fraction of sp³-hybridized carbons (Fsp3) is 0.533. The van der Waals surface area contributed by atoms with Gasteiger partial charge in [-0.2, -0.15) is 13.2 Å². The molecule has 2 aromatic rings. The van der Waals surface area contributed by atoms with Crippen molar-refractivity contribution in [3.05, 3.63) is 70.5 Å². The standard InChI is InChI=1S/C30H32F6N2O3/c1-28(33,30(34,35)36)20-6-9-22-19(15-20)5-10-25-29(22,17-18-3-7-21(31)8-4-18)11-12-38(25)27(40)24-16-23(32)26(39)37(24)13-14-41-2/h3-4,6-9,15,23-25H,5,10-14,16-17H2,1-2H3/t23-,24-,25+,28?,29+/m0/s1. The third-order valence-corrected chi connectivity index (χ3v) is 9.11. The minimum atomic E-state index is -5.09. The molecule has 41 heavy (non-hydrogen) atoms. The van der Waals surface area contributed by atoms with Crippen LogP contribution < -0.4 is 0 Å². The number of aryl methyl sites for hydroxylation is 1. The maximum absolute atomic E-state index is 14.9. The summed E-state index contributed by atoms with van der Waals surface area (Å²) in [5, 5.41) is 0. The number of ether oxygens (including phenoxy) is 1. The fourth-order valence-electron chi connectivity index (χ4n) is 6.89. The summed E-state index contributed by atoms with van der Waals surface area (Å²) in [6.45, 7) is 0.996. The molecule has 2 aliphatic heterocycles. The zero-order chi connectivity index (χ0) is 29.7. The number of benzene rings is 2. The Labute approximate surface area is 234 Å². The third-order valence-electron chi connectivity index (χ3n) is 9.11. The molecule has 0 spiro atoms. The van der Waals surface area contributed by atoms with Crippen LogP contribution in [-0.2, 0) is 38.3 Å². The quantitative estimate of drug-likeness (QED) is 0.423. The molecule has 2 aromatic carbocycles. The molecule has 0 bridgehead atoms. The molecule has 3 aliphatic rings. The van der Waals surface area contributed by atoms with E-state index in [1.54, 1.807) is 17.0 Å². The minimum Gasteiger partial charge on any atom is -0.383 e. The molecule has 1 aliphatic carbocycles. The van der Waals surface area contributed by atoms with Crippen molar-refractivity contribution in [2.24, 2.45) is 0 Å². The van der Waals surface area contributed by atoms with E-state index in [9.17, 15) is 35.9 Å². The van der Waals surface area contributed by atoms with Gasteiger partial charge >= 0.3 is 6.18 Å². The molecule has 0 saturated carbocycles. The van der Waals surface area contributed by atoms with Crippen LogP contribution in [0.3, 0.4) is 0 Å². The predicted octanol–water partition coefficient (Wildman–Crippen LogP) is 5.19. The highest BCUT2D eigenvalue weighted by Gasteiger charge is 2.57. The number of hydrogen-bond acceptors (Lipinski definition) is 3. The normalized spacial score (nSPS) is 27.5. The summed E-state index contributed by atoms with van der Waals surface area (Å²) in [7, 11) is 1.44. The second-order valence-corrected chi connectivity index (χ2v) is 11.4. The van der Waals surface area contributed by atoms with E-state index in [1.807, 2.05) is 0 Å². The number of rotatable bonds is 7. The highest BCUT2D eigenvalue weighted by molar-refractivity contribution is 5.93. The van der Waals surface area contributed by atoms with Crippen molar-refractivity contribution in [1.29, 1.82) is 0 Å². The van der Waals surface area contributed by atoms with Crippen LogP contribution in [0.5, 0.6) is 0 Å². The molecule has 2 fully saturated rings. The van der Waals surface area contributed by atoms with Crippen LogP contribution in [0, 0.1) is 5.82 Å². The first-order valence-electron chi connectivity index (χ1n) is 13.7. The molecule has 5 nitrogen and oxygen atoms in total. The van der Waals surface area contributed by atoms with Gasteiger partial charge in [0.25, 0.3) is 5.91 Å². The lowest BCUT2D eigenvalue weighted by Crippen LogP contribution is -2.54. The van der Waals surface area contributed by atoms with Gasteiger partial charge in [-0.15, -0.1) is 0 Å². The molecular weight excluding hydrogens is 550 g/mol. The first-order chi connectivity index (χ1) is 19.3. The lowest BCUT2D eigenvalue weighted by atomic mass is 9.63. The van der Waals surface area contributed by atoms with Crippen molar-refractivity contribution in [2.45, 2.75) is 74.5 Å². The summed E-state index contributed by atoms with van der Waals surface area (Å²) in [4.78, 5) is 29.3. The van der Waals surface area contributed by atoms with E-state index < -0.39 is 52.8 Å². The minimum absolute atomic E-state index is 0.0677. The largest absolute Gasteiger partial charge is 0.426 e. The van der Waals surface area contributed by atoms with E-state index in [0.29, 0.717) is 38.2 Å². The van der Waals surface area contributed by atoms with Crippen molar-refractivity contribution in [2.75, 3.05) is 26.8 Å². The van der Waals surface area contributed by atoms with Gasteiger partial charge in [-0.1, -0.05) is 30.3 Å². The van der Waals surface area contributed by atoms with Crippen LogP contribution in [0.2, 0.25) is 0 Å². The number of carbonyl (C=O) groups excluding carboxylic acids is 2. The van der Waals surface area contributed by atoms with Crippen LogP contribution >= 0.6 is 0 Å². The van der Waals surface area contributed by atoms with Crippen molar-refractivity contribution < 1.29 is 40.7 Å². The number of halogens is 6. The average Bonchev–Trinajstić information content (AvgIpc) is 3.44. The van der Waals surface area contributed by atoms with Gasteiger partial charge in [0.2, 0.25) is 11.6 Å². The van der Waals surface area contributed by atoms with Gasteiger partial charge in [0, 0.05) is 38.1 Å². The molecule has 2 saturated heterocycles. The molecule has 0 N–H and O–H groups in total. The Morgan fingerprint density at radius 1 is 1.12 bits per heavy atom. The average molecular weight is 583 g/mol. The summed E-state index contributed by atoms with van der Waals surface area (Å²) in [6.07, 6.45) is -5.65. The molecule has 2 amide bonds. The smallest absolute Gasteiger partial charge is 0.383 e. The van der Waals surface area contributed by atoms with Crippen LogP contribution in [0.15, 0.2) is 42.5 Å². The van der Waals surface area contributed by atoms with Gasteiger partial charge < -0.3 is 14.5 Å². The first kappa shape index (κ1) is 29.4. The van der Waals surface area contributed by atoms with Gasteiger partial charge in [-0.05, 0) is 67.0 Å². The molecule has 2 heterocycles. The van der Waals surface area contributed by atoms with E-state index in [1.165, 1.54) is 36.3 Å². The predicted molar refractivity (Wildman–Crippen MR) is 138 cm³/mol. The van der Waals surface area contributed by atoms with Gasteiger partial charge in [-0.25, -0.2) is 13.2 Å². The molecule has 1 unspecified atom stereocenters. The first-order valence-corrected chi connectivity index (χ1v) is 13.7. The number of likely N-dealkylation sites (tertiary alicyclic amines) is 2. The summed E-state index contributed by atoms with van der Waals surface area (Å²) in [6, 6.07) is 8.46. The van der Waals surface area contributed by atoms with Gasteiger partial charge in [-0.3, -0.25) is 9.59 Å². The lowest BCUT2D eigenvalue weighted by Gasteiger charge is -2.44. The Morgan fingerprint density at radius 3 is 2.49 bits per heavy atom. The van der Waals surface area contributed by atoms with E-state index >= 15 is 0 Å². The topological polar surface area (TPSA) is 49.9 Å². The van der Waals surface area contributed by atoms with Crippen molar-refractivity contribution in [1.82, 2.24) is 9.80 Å². The number of nitrogens with zero attached hydrogens (tertiary/aromatic N) is 2. The number of methoxy groups -OCH3 is 1. The van der Waals surface area contributed by atoms with Gasteiger partial charge in [0.1, 0.15) is 11.9 Å². The number of amides is 2. The summed E-state index contributed by atoms with van der Waals surface area (Å²) in [5.74, 6) is -1.55. The molecule has 0 aromatic heterocycles. The Kier molecular flexibility index (Phi) is 7.63. The highest BCUT2D eigenvalue weighted by atomic mass is 19.4. The monoisotopic (exact) mass is 582 g/mol. The molecule has 11 heteroatoms. The third kappa shape index (κ3) is 5.00. The SMILES string of the molecule is COCCN1C(=O)[C@@H](F)C[C@H]1C(=O)N1CC[C@@]2(Cc3ccc(F)cc3)c3ccc(C(C)(F)C(F)(F)F)cc3CC[C@@H]12. The van der Waals surface area contributed by atoms with Gasteiger partial charge in [0.15, 0.2) is 6.17 Å². The zero-order valence-corrected chi connectivity index (χ0v) is 22.8. The van der Waals surface area contributed by atoms with Crippen molar-refractivity contribution >= 4 is 11.8 Å². The summed E-state index contributed by atoms with van der Waals surface area (Å²) in [5.41, 5.74) is -2.71. The number of fused-ring (bicyclic) bond motifs is 3. The molecule has 222 valence electrons. The summed E-state index contributed by atoms with van der Waals surface area (Å²) >= 11 is 0. The Hall–Kier alpha value is -3.08. The van der Waals surface area contributed by atoms with Crippen LogP contribution in [0.25, 0.3) is 0 Å². The second kappa shape index (κ2) is 10.6. The van der Waals surface area contributed by atoms with E-state index in [0.717, 1.165) is 17.2 Å².